The molecule has 0 radical (unpaired) electrons. The summed E-state index contributed by atoms with van der Waals surface area (Å²) < 4.78 is 88.1. The molecule has 0 amide bonds. The van der Waals surface area contributed by atoms with Crippen LogP contribution in [0.1, 0.15) is 5.56 Å². The molecule has 1 heterocycles. The second-order valence-electron chi connectivity index (χ2n) is 8.43. The smallest absolute Gasteiger partial charge is 0.246 e. The number of hydrogen-bond acceptors (Lipinski definition) is 6. The van der Waals surface area contributed by atoms with Crippen LogP contribution in [0.5, 0.6) is 5.75 Å². The van der Waals surface area contributed by atoms with E-state index in [1.54, 1.807) is 18.2 Å². The van der Waals surface area contributed by atoms with Crippen molar-refractivity contribution in [3.05, 3.63) is 83.9 Å². The maximum atomic E-state index is 14.1. The molecule has 1 aliphatic heterocycles. The van der Waals surface area contributed by atoms with E-state index < -0.39 is 25.9 Å². The Bertz CT molecular complexity index is 1460. The standard InChI is InChI=1S/C25H27F2N3O5S2/c1-35-24-11-10-21(36(31,32)28-13-12-19-6-8-20(26)9-7-19)18-23(24)29-14-16-30(17-15-29)37(33,34)25-5-3-2-4-22(25)27/h2-11,18,28H,12-17H2,1H3. The van der Waals surface area contributed by atoms with Crippen molar-refractivity contribution in [2.75, 3.05) is 44.7 Å². The van der Waals surface area contributed by atoms with Crippen LogP contribution in [-0.4, -0.2) is 61.0 Å². The molecule has 3 aromatic rings. The number of nitrogens with one attached hydrogen (secondary N) is 1. The molecule has 3 aromatic carbocycles. The highest BCUT2D eigenvalue weighted by atomic mass is 32.2. The quantitative estimate of drug-likeness (QED) is 0.439. The Hall–Kier alpha value is -3.06. The van der Waals surface area contributed by atoms with Gasteiger partial charge in [0.2, 0.25) is 20.0 Å². The van der Waals surface area contributed by atoms with Gasteiger partial charge in [-0.05, 0) is 54.4 Å². The van der Waals surface area contributed by atoms with Gasteiger partial charge in [-0.15, -0.1) is 0 Å². The zero-order chi connectivity index (χ0) is 26.6. The molecule has 1 saturated heterocycles. The van der Waals surface area contributed by atoms with E-state index in [0.29, 0.717) is 17.9 Å². The summed E-state index contributed by atoms with van der Waals surface area (Å²) >= 11 is 0. The average molecular weight is 552 g/mol. The Morgan fingerprint density at radius 1 is 0.892 bits per heavy atom. The second kappa shape index (κ2) is 11.1. The van der Waals surface area contributed by atoms with Gasteiger partial charge in [-0.1, -0.05) is 24.3 Å². The molecule has 0 atom stereocenters. The number of hydrogen-bond donors (Lipinski definition) is 1. The molecule has 37 heavy (non-hydrogen) atoms. The lowest BCUT2D eigenvalue weighted by molar-refractivity contribution is 0.376. The summed E-state index contributed by atoms with van der Waals surface area (Å²) in [6.45, 7) is 0.818. The largest absolute Gasteiger partial charge is 0.495 e. The van der Waals surface area contributed by atoms with Crippen LogP contribution in [0.15, 0.2) is 76.5 Å². The number of methoxy groups -OCH3 is 1. The maximum absolute atomic E-state index is 14.1. The molecule has 198 valence electrons. The number of ether oxygens (including phenoxy) is 1. The predicted octanol–water partition coefficient (Wildman–Crippen LogP) is 3.01. The van der Waals surface area contributed by atoms with Gasteiger partial charge in [0.1, 0.15) is 22.3 Å². The lowest BCUT2D eigenvalue weighted by Crippen LogP contribution is -2.49. The van der Waals surface area contributed by atoms with E-state index in [9.17, 15) is 25.6 Å². The second-order valence-corrected chi connectivity index (χ2v) is 12.1. The van der Waals surface area contributed by atoms with Gasteiger partial charge in [-0.25, -0.2) is 30.3 Å². The third kappa shape index (κ3) is 6.09. The Balaban J connectivity index is 1.46. The zero-order valence-corrected chi connectivity index (χ0v) is 21.7. The van der Waals surface area contributed by atoms with Crippen LogP contribution < -0.4 is 14.4 Å². The van der Waals surface area contributed by atoms with Crippen molar-refractivity contribution in [3.63, 3.8) is 0 Å². The van der Waals surface area contributed by atoms with E-state index in [1.807, 2.05) is 4.90 Å². The zero-order valence-electron chi connectivity index (χ0n) is 20.1. The highest BCUT2D eigenvalue weighted by molar-refractivity contribution is 7.89. The number of halogens is 2. The number of nitrogens with zero attached hydrogens (tertiary/aromatic N) is 2. The van der Waals surface area contributed by atoms with Gasteiger partial charge in [-0.2, -0.15) is 4.31 Å². The van der Waals surface area contributed by atoms with Crippen LogP contribution in [0, 0.1) is 11.6 Å². The number of benzene rings is 3. The summed E-state index contributed by atoms with van der Waals surface area (Å²) in [5.41, 5.74) is 1.30. The molecule has 0 saturated carbocycles. The molecule has 4 rings (SSSR count). The fraction of sp³-hybridized carbons (Fsp3) is 0.280. The lowest BCUT2D eigenvalue weighted by Gasteiger charge is -2.36. The van der Waals surface area contributed by atoms with Crippen molar-refractivity contribution in [3.8, 4) is 5.75 Å². The molecule has 0 aromatic heterocycles. The lowest BCUT2D eigenvalue weighted by atomic mass is 10.1. The molecule has 8 nitrogen and oxygen atoms in total. The van der Waals surface area contributed by atoms with Crippen molar-refractivity contribution >= 4 is 25.7 Å². The van der Waals surface area contributed by atoms with Crippen molar-refractivity contribution in [1.82, 2.24) is 9.03 Å². The van der Waals surface area contributed by atoms with Crippen molar-refractivity contribution in [1.29, 1.82) is 0 Å². The van der Waals surface area contributed by atoms with E-state index in [-0.39, 0.29) is 48.3 Å². The Kier molecular flexibility index (Phi) is 8.12. The maximum Gasteiger partial charge on any atom is 0.246 e. The van der Waals surface area contributed by atoms with E-state index in [1.165, 1.54) is 53.9 Å². The molecule has 1 aliphatic rings. The minimum atomic E-state index is -4.01. The topological polar surface area (TPSA) is 96.0 Å². The summed E-state index contributed by atoms with van der Waals surface area (Å²) in [4.78, 5) is 1.49. The first-order chi connectivity index (χ1) is 17.6. The molecule has 0 bridgehead atoms. The SMILES string of the molecule is COc1ccc(S(=O)(=O)NCCc2ccc(F)cc2)cc1N1CCN(S(=O)(=O)c2ccccc2F)CC1. The van der Waals surface area contributed by atoms with Crippen LogP contribution in [-0.2, 0) is 26.5 Å². The fourth-order valence-corrected chi connectivity index (χ4v) is 6.65. The van der Waals surface area contributed by atoms with E-state index in [4.69, 9.17) is 4.74 Å². The molecule has 0 spiro atoms. The first kappa shape index (κ1) is 27.0. The summed E-state index contributed by atoms with van der Waals surface area (Å²) in [5, 5.41) is 0. The number of anilines is 1. The summed E-state index contributed by atoms with van der Waals surface area (Å²) in [6.07, 6.45) is 0.390. The van der Waals surface area contributed by atoms with Gasteiger partial charge in [0, 0.05) is 32.7 Å². The van der Waals surface area contributed by atoms with Crippen molar-refractivity contribution < 1.29 is 30.4 Å². The van der Waals surface area contributed by atoms with Gasteiger partial charge in [-0.3, -0.25) is 0 Å². The molecule has 0 aliphatic carbocycles. The van der Waals surface area contributed by atoms with Crippen molar-refractivity contribution in [2.24, 2.45) is 0 Å². The molecule has 0 unspecified atom stereocenters. The third-order valence-electron chi connectivity index (χ3n) is 6.11. The van der Waals surface area contributed by atoms with E-state index >= 15 is 0 Å². The highest BCUT2D eigenvalue weighted by Crippen LogP contribution is 2.32. The predicted molar refractivity (Wildman–Crippen MR) is 136 cm³/mol. The third-order valence-corrected chi connectivity index (χ3v) is 9.50. The fourth-order valence-electron chi connectivity index (χ4n) is 4.11. The number of rotatable bonds is 9. The molecule has 12 heteroatoms. The number of sulfonamides is 2. The monoisotopic (exact) mass is 551 g/mol. The molecule has 1 N–H and O–H groups in total. The summed E-state index contributed by atoms with van der Waals surface area (Å²) in [7, 11) is -6.40. The van der Waals surface area contributed by atoms with Crippen molar-refractivity contribution in [2.45, 2.75) is 16.2 Å². The van der Waals surface area contributed by atoms with Gasteiger partial charge in [0.05, 0.1) is 17.7 Å². The summed E-state index contributed by atoms with van der Waals surface area (Å²) in [6, 6.07) is 15.5. The first-order valence-corrected chi connectivity index (χ1v) is 14.5. The Morgan fingerprint density at radius 3 is 2.22 bits per heavy atom. The molecular weight excluding hydrogens is 524 g/mol. The highest BCUT2D eigenvalue weighted by Gasteiger charge is 2.31. The average Bonchev–Trinajstić information content (AvgIpc) is 2.89. The van der Waals surface area contributed by atoms with Crippen LogP contribution in [0.3, 0.4) is 0 Å². The van der Waals surface area contributed by atoms with Gasteiger partial charge < -0.3 is 9.64 Å². The Labute approximate surface area is 215 Å². The van der Waals surface area contributed by atoms with Crippen LogP contribution in [0.4, 0.5) is 14.5 Å². The minimum absolute atomic E-state index is 0.0313. The van der Waals surface area contributed by atoms with Crippen LogP contribution in [0.25, 0.3) is 0 Å². The summed E-state index contributed by atoms with van der Waals surface area (Å²) in [5.74, 6) is -0.729. The van der Waals surface area contributed by atoms with Gasteiger partial charge in [0.25, 0.3) is 0 Å². The van der Waals surface area contributed by atoms with Crippen LogP contribution in [0.2, 0.25) is 0 Å². The first-order valence-electron chi connectivity index (χ1n) is 11.5. The van der Waals surface area contributed by atoms with Gasteiger partial charge >= 0.3 is 0 Å². The van der Waals surface area contributed by atoms with Gasteiger partial charge in [0.15, 0.2) is 0 Å². The van der Waals surface area contributed by atoms with E-state index in [0.717, 1.165) is 11.6 Å². The van der Waals surface area contributed by atoms with E-state index in [2.05, 4.69) is 4.72 Å². The molecule has 1 fully saturated rings. The molecular formula is C25H27F2N3O5S2. The minimum Gasteiger partial charge on any atom is -0.495 e. The normalized spacial score (nSPS) is 15.1. The Morgan fingerprint density at radius 2 is 1.57 bits per heavy atom. The number of piperazine rings is 1. The van der Waals surface area contributed by atoms with Crippen LogP contribution >= 0.6 is 0 Å².